The van der Waals surface area contributed by atoms with Crippen molar-refractivity contribution in [2.45, 2.75) is 33.2 Å². The van der Waals surface area contributed by atoms with Crippen molar-refractivity contribution in [2.75, 3.05) is 25.5 Å². The minimum Gasteiger partial charge on any atom is -0.370 e. The zero-order chi connectivity index (χ0) is 13.7. The Labute approximate surface area is 118 Å². The zero-order valence-corrected chi connectivity index (χ0v) is 12.8. The molecule has 104 valence electrons. The second-order valence-electron chi connectivity index (χ2n) is 4.75. The molecule has 0 aliphatic heterocycles. The molecule has 0 saturated carbocycles. The standard InChI is InChI=1S/C14H22N4S/c1-4-6-8-18(3)10-12-16-13(15-5-2)11-7-9-19-14(11)17-12/h7,9H,4-6,8,10H2,1-3H3,(H,15,16,17). The van der Waals surface area contributed by atoms with Gasteiger partial charge < -0.3 is 5.32 Å². The Morgan fingerprint density at radius 1 is 1.32 bits per heavy atom. The quantitative estimate of drug-likeness (QED) is 0.843. The number of aromatic nitrogens is 2. The van der Waals surface area contributed by atoms with Gasteiger partial charge >= 0.3 is 0 Å². The average molecular weight is 278 g/mol. The van der Waals surface area contributed by atoms with Gasteiger partial charge in [0.1, 0.15) is 16.5 Å². The lowest BCUT2D eigenvalue weighted by atomic mass is 10.3. The molecule has 0 aliphatic rings. The molecule has 2 heterocycles. The van der Waals surface area contributed by atoms with Crippen LogP contribution in [0.3, 0.4) is 0 Å². The summed E-state index contributed by atoms with van der Waals surface area (Å²) in [6, 6.07) is 2.09. The summed E-state index contributed by atoms with van der Waals surface area (Å²) in [5.41, 5.74) is 0. The van der Waals surface area contributed by atoms with E-state index in [1.54, 1.807) is 11.3 Å². The molecule has 0 radical (unpaired) electrons. The first-order valence-corrected chi connectivity index (χ1v) is 7.79. The van der Waals surface area contributed by atoms with Gasteiger partial charge in [0.2, 0.25) is 0 Å². The summed E-state index contributed by atoms with van der Waals surface area (Å²) in [5.74, 6) is 1.87. The van der Waals surface area contributed by atoms with E-state index in [2.05, 4.69) is 52.5 Å². The van der Waals surface area contributed by atoms with E-state index in [0.29, 0.717) is 0 Å². The van der Waals surface area contributed by atoms with Gasteiger partial charge in [-0.1, -0.05) is 13.3 Å². The van der Waals surface area contributed by atoms with Crippen molar-refractivity contribution in [3.05, 3.63) is 17.3 Å². The van der Waals surface area contributed by atoms with Crippen molar-refractivity contribution in [2.24, 2.45) is 0 Å². The maximum Gasteiger partial charge on any atom is 0.146 e. The van der Waals surface area contributed by atoms with Gasteiger partial charge in [-0.25, -0.2) is 9.97 Å². The zero-order valence-electron chi connectivity index (χ0n) is 11.9. The largest absolute Gasteiger partial charge is 0.370 e. The van der Waals surface area contributed by atoms with Gasteiger partial charge in [0.25, 0.3) is 0 Å². The minimum absolute atomic E-state index is 0.812. The Kier molecular flexibility index (Phi) is 5.10. The highest BCUT2D eigenvalue weighted by atomic mass is 32.1. The van der Waals surface area contributed by atoms with E-state index in [-0.39, 0.29) is 0 Å². The summed E-state index contributed by atoms with van der Waals surface area (Å²) in [6.07, 6.45) is 2.44. The van der Waals surface area contributed by atoms with Crippen LogP contribution in [-0.4, -0.2) is 35.0 Å². The predicted octanol–water partition coefficient (Wildman–Crippen LogP) is 3.36. The molecule has 0 aliphatic carbocycles. The van der Waals surface area contributed by atoms with E-state index in [4.69, 9.17) is 0 Å². The lowest BCUT2D eigenvalue weighted by Crippen LogP contribution is -2.20. The molecule has 0 atom stereocenters. The highest BCUT2D eigenvalue weighted by Gasteiger charge is 2.09. The van der Waals surface area contributed by atoms with E-state index in [1.165, 1.54) is 12.8 Å². The predicted molar refractivity (Wildman–Crippen MR) is 82.8 cm³/mol. The molecular weight excluding hydrogens is 256 g/mol. The van der Waals surface area contributed by atoms with Crippen molar-refractivity contribution in [3.63, 3.8) is 0 Å². The van der Waals surface area contributed by atoms with Crippen molar-refractivity contribution in [1.82, 2.24) is 14.9 Å². The van der Waals surface area contributed by atoms with Crippen molar-refractivity contribution < 1.29 is 0 Å². The SMILES string of the molecule is CCCCN(C)Cc1nc(NCC)c2ccsc2n1. The Hall–Kier alpha value is -1.20. The number of unbranched alkanes of at least 4 members (excludes halogenated alkanes) is 1. The van der Waals surface area contributed by atoms with Crippen LogP contribution in [0.2, 0.25) is 0 Å². The number of hydrogen-bond donors (Lipinski definition) is 1. The molecule has 0 spiro atoms. The summed E-state index contributed by atoms with van der Waals surface area (Å²) in [5, 5.41) is 6.54. The fourth-order valence-corrected chi connectivity index (χ4v) is 2.80. The Bertz CT molecular complexity index is 523. The third-order valence-electron chi connectivity index (χ3n) is 3.02. The van der Waals surface area contributed by atoms with E-state index in [0.717, 1.165) is 41.5 Å². The second-order valence-corrected chi connectivity index (χ2v) is 5.64. The van der Waals surface area contributed by atoms with Gasteiger partial charge in [-0.3, -0.25) is 4.90 Å². The molecule has 19 heavy (non-hydrogen) atoms. The van der Waals surface area contributed by atoms with Gasteiger partial charge in [0, 0.05) is 6.54 Å². The molecule has 2 aromatic rings. The summed E-state index contributed by atoms with van der Waals surface area (Å²) >= 11 is 1.68. The topological polar surface area (TPSA) is 41.1 Å². The maximum atomic E-state index is 4.65. The highest BCUT2D eigenvalue weighted by Crippen LogP contribution is 2.25. The fraction of sp³-hybridized carbons (Fsp3) is 0.571. The number of anilines is 1. The van der Waals surface area contributed by atoms with Crippen LogP contribution in [0.1, 0.15) is 32.5 Å². The van der Waals surface area contributed by atoms with Crippen LogP contribution in [0.25, 0.3) is 10.2 Å². The Morgan fingerprint density at radius 2 is 2.16 bits per heavy atom. The van der Waals surface area contributed by atoms with Gasteiger partial charge in [0.15, 0.2) is 0 Å². The van der Waals surface area contributed by atoms with Crippen molar-refractivity contribution >= 4 is 27.4 Å². The third-order valence-corrected chi connectivity index (χ3v) is 3.83. The number of hydrogen-bond acceptors (Lipinski definition) is 5. The van der Waals surface area contributed by atoms with E-state index < -0.39 is 0 Å². The molecule has 0 aromatic carbocycles. The molecule has 4 nitrogen and oxygen atoms in total. The van der Waals surface area contributed by atoms with E-state index >= 15 is 0 Å². The number of nitrogens with one attached hydrogen (secondary N) is 1. The maximum absolute atomic E-state index is 4.65. The molecule has 5 heteroatoms. The monoisotopic (exact) mass is 278 g/mol. The van der Waals surface area contributed by atoms with Crippen molar-refractivity contribution in [3.8, 4) is 0 Å². The van der Waals surface area contributed by atoms with Crippen LogP contribution in [0.5, 0.6) is 0 Å². The van der Waals surface area contributed by atoms with Gasteiger partial charge in [-0.15, -0.1) is 11.3 Å². The molecular formula is C14H22N4S. The highest BCUT2D eigenvalue weighted by molar-refractivity contribution is 7.16. The molecule has 0 fully saturated rings. The Balaban J connectivity index is 2.18. The first-order valence-electron chi connectivity index (χ1n) is 6.91. The lowest BCUT2D eigenvalue weighted by Gasteiger charge is -2.15. The summed E-state index contributed by atoms with van der Waals surface area (Å²) in [4.78, 5) is 12.7. The number of rotatable bonds is 7. The summed E-state index contributed by atoms with van der Waals surface area (Å²) in [6.45, 7) is 7.09. The van der Waals surface area contributed by atoms with Crippen LogP contribution in [0, 0.1) is 0 Å². The molecule has 0 saturated heterocycles. The minimum atomic E-state index is 0.812. The second kappa shape index (κ2) is 6.82. The average Bonchev–Trinajstić information content (AvgIpc) is 2.85. The van der Waals surface area contributed by atoms with Gasteiger partial charge in [-0.2, -0.15) is 0 Å². The number of fused-ring (bicyclic) bond motifs is 1. The molecule has 0 unspecified atom stereocenters. The smallest absolute Gasteiger partial charge is 0.146 e. The van der Waals surface area contributed by atoms with Crippen LogP contribution in [0.15, 0.2) is 11.4 Å². The van der Waals surface area contributed by atoms with Crippen LogP contribution in [-0.2, 0) is 6.54 Å². The summed E-state index contributed by atoms with van der Waals surface area (Å²) in [7, 11) is 2.13. The molecule has 0 amide bonds. The first kappa shape index (κ1) is 14.2. The lowest BCUT2D eigenvalue weighted by molar-refractivity contribution is 0.313. The third kappa shape index (κ3) is 3.64. The fourth-order valence-electron chi connectivity index (χ4n) is 2.02. The van der Waals surface area contributed by atoms with E-state index in [1.807, 2.05) is 0 Å². The van der Waals surface area contributed by atoms with Gasteiger partial charge in [0.05, 0.1) is 11.9 Å². The van der Waals surface area contributed by atoms with Crippen molar-refractivity contribution in [1.29, 1.82) is 0 Å². The molecule has 0 bridgehead atoms. The number of nitrogens with zero attached hydrogens (tertiary/aromatic N) is 3. The molecule has 2 aromatic heterocycles. The molecule has 1 N–H and O–H groups in total. The van der Waals surface area contributed by atoms with Gasteiger partial charge in [-0.05, 0) is 38.4 Å². The van der Waals surface area contributed by atoms with E-state index in [9.17, 15) is 0 Å². The Morgan fingerprint density at radius 3 is 2.89 bits per heavy atom. The first-order chi connectivity index (χ1) is 9.24. The van der Waals surface area contributed by atoms with Crippen LogP contribution in [0.4, 0.5) is 5.82 Å². The normalized spacial score (nSPS) is 11.4. The van der Waals surface area contributed by atoms with Crippen LogP contribution < -0.4 is 5.32 Å². The summed E-state index contributed by atoms with van der Waals surface area (Å²) < 4.78 is 0. The number of thiophene rings is 1. The molecule has 2 rings (SSSR count). The van der Waals surface area contributed by atoms with Crippen LogP contribution >= 0.6 is 11.3 Å².